The molecule has 1 heterocycles. The zero-order valence-electron chi connectivity index (χ0n) is 11.2. The van der Waals surface area contributed by atoms with Crippen molar-refractivity contribution in [1.82, 2.24) is 4.98 Å². The maximum absolute atomic E-state index is 10.3. The van der Waals surface area contributed by atoms with Crippen LogP contribution in [0.3, 0.4) is 0 Å². The van der Waals surface area contributed by atoms with Gasteiger partial charge in [-0.25, -0.2) is 0 Å². The first kappa shape index (κ1) is 11.4. The first-order valence-electron chi connectivity index (χ1n) is 6.87. The summed E-state index contributed by atoms with van der Waals surface area (Å²) in [5, 5.41) is 11.4. The summed E-state index contributed by atoms with van der Waals surface area (Å²) in [5.74, 6) is 0.635. The lowest BCUT2D eigenvalue weighted by Gasteiger charge is -2.06. The molecule has 0 amide bonds. The summed E-state index contributed by atoms with van der Waals surface area (Å²) in [6.07, 6.45) is 2.24. The van der Waals surface area contributed by atoms with E-state index < -0.39 is 0 Å². The van der Waals surface area contributed by atoms with Crippen molar-refractivity contribution in [1.29, 1.82) is 0 Å². The molecule has 1 aliphatic rings. The standard InChI is InChI=1S/C18H15NO/c1-11-10-15(13-7-3-2-6-12(11)13)17-14-8-4-5-9-16(14)19-18(17)20/h2-11,19-20H,1H3. The largest absolute Gasteiger partial charge is 0.494 e. The molecule has 0 saturated heterocycles. The minimum atomic E-state index is 0.251. The van der Waals surface area contributed by atoms with Crippen molar-refractivity contribution in [3.05, 3.63) is 71.3 Å². The number of benzene rings is 2. The third-order valence-electron chi connectivity index (χ3n) is 4.11. The number of aromatic amines is 1. The Balaban J connectivity index is 2.02. The van der Waals surface area contributed by atoms with Crippen molar-refractivity contribution in [2.45, 2.75) is 12.8 Å². The summed E-state index contributed by atoms with van der Waals surface area (Å²) >= 11 is 0. The van der Waals surface area contributed by atoms with Crippen LogP contribution in [-0.4, -0.2) is 10.1 Å². The van der Waals surface area contributed by atoms with Crippen molar-refractivity contribution in [3.63, 3.8) is 0 Å². The second-order valence-corrected chi connectivity index (χ2v) is 5.35. The molecule has 4 rings (SSSR count). The topological polar surface area (TPSA) is 36.0 Å². The Morgan fingerprint density at radius 3 is 2.65 bits per heavy atom. The van der Waals surface area contributed by atoms with E-state index >= 15 is 0 Å². The Bertz CT molecular complexity index is 842. The van der Waals surface area contributed by atoms with E-state index in [1.54, 1.807) is 0 Å². The molecule has 2 heteroatoms. The fourth-order valence-electron chi connectivity index (χ4n) is 3.19. The number of fused-ring (bicyclic) bond motifs is 2. The second kappa shape index (κ2) is 4.01. The van der Waals surface area contributed by atoms with Gasteiger partial charge in [0.15, 0.2) is 5.88 Å². The number of aromatic hydroxyl groups is 1. The number of H-pyrrole nitrogens is 1. The summed E-state index contributed by atoms with van der Waals surface area (Å²) in [6.45, 7) is 2.19. The number of aromatic nitrogens is 1. The van der Waals surface area contributed by atoms with Gasteiger partial charge in [0.05, 0.1) is 5.56 Å². The van der Waals surface area contributed by atoms with Crippen LogP contribution in [0.15, 0.2) is 54.6 Å². The van der Waals surface area contributed by atoms with Crippen LogP contribution >= 0.6 is 0 Å². The van der Waals surface area contributed by atoms with E-state index in [1.165, 1.54) is 11.1 Å². The van der Waals surface area contributed by atoms with Gasteiger partial charge in [-0.3, -0.25) is 0 Å². The van der Waals surface area contributed by atoms with E-state index in [0.717, 1.165) is 22.0 Å². The molecule has 2 nitrogen and oxygen atoms in total. The lowest BCUT2D eigenvalue weighted by atomic mass is 9.98. The van der Waals surface area contributed by atoms with Crippen molar-refractivity contribution in [2.75, 3.05) is 0 Å². The highest BCUT2D eigenvalue weighted by atomic mass is 16.3. The Kier molecular flexibility index (Phi) is 2.27. The van der Waals surface area contributed by atoms with Gasteiger partial charge >= 0.3 is 0 Å². The monoisotopic (exact) mass is 261 g/mol. The number of nitrogens with one attached hydrogen (secondary N) is 1. The van der Waals surface area contributed by atoms with E-state index in [1.807, 2.05) is 24.3 Å². The van der Waals surface area contributed by atoms with Gasteiger partial charge in [0.1, 0.15) is 0 Å². The molecule has 1 unspecified atom stereocenters. The van der Waals surface area contributed by atoms with Gasteiger partial charge in [0.25, 0.3) is 0 Å². The maximum Gasteiger partial charge on any atom is 0.197 e. The minimum absolute atomic E-state index is 0.251. The van der Waals surface area contributed by atoms with Crippen LogP contribution in [0.2, 0.25) is 0 Å². The Morgan fingerprint density at radius 2 is 1.75 bits per heavy atom. The highest BCUT2D eigenvalue weighted by molar-refractivity contribution is 6.01. The molecule has 0 spiro atoms. The quantitative estimate of drug-likeness (QED) is 0.668. The highest BCUT2D eigenvalue weighted by Gasteiger charge is 2.24. The van der Waals surface area contributed by atoms with Crippen molar-refractivity contribution >= 4 is 16.5 Å². The van der Waals surface area contributed by atoms with Crippen LogP contribution in [-0.2, 0) is 0 Å². The lowest BCUT2D eigenvalue weighted by molar-refractivity contribution is 0.457. The Morgan fingerprint density at radius 1 is 1.00 bits per heavy atom. The smallest absolute Gasteiger partial charge is 0.197 e. The zero-order valence-corrected chi connectivity index (χ0v) is 11.2. The van der Waals surface area contributed by atoms with Gasteiger partial charge in [-0.1, -0.05) is 55.5 Å². The van der Waals surface area contributed by atoms with Crippen molar-refractivity contribution in [2.24, 2.45) is 0 Å². The molecule has 1 aromatic heterocycles. The second-order valence-electron chi connectivity index (χ2n) is 5.35. The zero-order chi connectivity index (χ0) is 13.7. The van der Waals surface area contributed by atoms with Crippen molar-refractivity contribution < 1.29 is 5.11 Å². The van der Waals surface area contributed by atoms with E-state index in [0.29, 0.717) is 5.92 Å². The number of allylic oxidation sites excluding steroid dienone is 1. The average Bonchev–Trinajstić information content (AvgIpc) is 2.96. The van der Waals surface area contributed by atoms with Gasteiger partial charge in [0.2, 0.25) is 0 Å². The number of rotatable bonds is 1. The van der Waals surface area contributed by atoms with Crippen LogP contribution in [0.4, 0.5) is 0 Å². The summed E-state index contributed by atoms with van der Waals surface area (Å²) in [6, 6.07) is 16.4. The van der Waals surface area contributed by atoms with Crippen LogP contribution in [0.1, 0.15) is 29.5 Å². The first-order valence-corrected chi connectivity index (χ1v) is 6.87. The van der Waals surface area contributed by atoms with E-state index in [-0.39, 0.29) is 5.88 Å². The molecule has 0 fully saturated rings. The molecule has 20 heavy (non-hydrogen) atoms. The van der Waals surface area contributed by atoms with Crippen LogP contribution in [0, 0.1) is 0 Å². The van der Waals surface area contributed by atoms with E-state index in [2.05, 4.69) is 42.2 Å². The molecule has 2 N–H and O–H groups in total. The predicted octanol–water partition coefficient (Wildman–Crippen LogP) is 4.42. The molecule has 1 atom stereocenters. The van der Waals surface area contributed by atoms with Gasteiger partial charge in [-0.05, 0) is 22.8 Å². The highest BCUT2D eigenvalue weighted by Crippen LogP contribution is 2.44. The van der Waals surface area contributed by atoms with E-state index in [9.17, 15) is 5.11 Å². The molecule has 2 aromatic carbocycles. The van der Waals surface area contributed by atoms with Crippen molar-refractivity contribution in [3.8, 4) is 5.88 Å². The molecule has 0 saturated carbocycles. The van der Waals surface area contributed by atoms with Gasteiger partial charge < -0.3 is 10.1 Å². The molecular formula is C18H15NO. The molecule has 3 aromatic rings. The van der Waals surface area contributed by atoms with E-state index in [4.69, 9.17) is 0 Å². The predicted molar refractivity (Wildman–Crippen MR) is 81.9 cm³/mol. The number of hydrogen-bond donors (Lipinski definition) is 2. The van der Waals surface area contributed by atoms with Gasteiger partial charge in [-0.2, -0.15) is 0 Å². The first-order chi connectivity index (χ1) is 9.75. The fraction of sp³-hybridized carbons (Fsp3) is 0.111. The minimum Gasteiger partial charge on any atom is -0.494 e. The number of hydrogen-bond acceptors (Lipinski definition) is 1. The lowest BCUT2D eigenvalue weighted by Crippen LogP contribution is -1.87. The summed E-state index contributed by atoms with van der Waals surface area (Å²) in [5.41, 5.74) is 5.56. The van der Waals surface area contributed by atoms with Gasteiger partial charge in [0, 0.05) is 16.8 Å². The molecule has 0 radical (unpaired) electrons. The summed E-state index contributed by atoms with van der Waals surface area (Å²) in [7, 11) is 0. The molecular weight excluding hydrogens is 246 g/mol. The third-order valence-corrected chi connectivity index (χ3v) is 4.11. The Hall–Kier alpha value is -2.48. The fourth-order valence-corrected chi connectivity index (χ4v) is 3.19. The average molecular weight is 261 g/mol. The molecule has 1 aliphatic carbocycles. The summed E-state index contributed by atoms with van der Waals surface area (Å²) < 4.78 is 0. The Labute approximate surface area is 117 Å². The maximum atomic E-state index is 10.3. The normalized spacial score (nSPS) is 17.2. The molecule has 0 bridgehead atoms. The third kappa shape index (κ3) is 1.45. The molecule has 98 valence electrons. The van der Waals surface area contributed by atoms with Crippen LogP contribution < -0.4 is 0 Å². The number of para-hydroxylation sites is 1. The SMILES string of the molecule is CC1C=C(c2c(O)[nH]c3ccccc23)c2ccccc21. The van der Waals surface area contributed by atoms with Gasteiger partial charge in [-0.15, -0.1) is 0 Å². The van der Waals surface area contributed by atoms with Crippen LogP contribution in [0.25, 0.3) is 16.5 Å². The molecule has 0 aliphatic heterocycles. The van der Waals surface area contributed by atoms with Crippen LogP contribution in [0.5, 0.6) is 5.88 Å². The summed E-state index contributed by atoms with van der Waals surface area (Å²) in [4.78, 5) is 3.06.